The first-order valence-electron chi connectivity index (χ1n) is 4.31. The summed E-state index contributed by atoms with van der Waals surface area (Å²) in [4.78, 5) is 11.6. The molecule has 0 bridgehead atoms. The van der Waals surface area contributed by atoms with Crippen LogP contribution in [0, 0.1) is 0 Å². The molecule has 1 aliphatic heterocycles. The highest BCUT2D eigenvalue weighted by Crippen LogP contribution is 2.35. The van der Waals surface area contributed by atoms with Gasteiger partial charge in [-0.3, -0.25) is 9.00 Å². The largest absolute Gasteiger partial charge is 0.292 e. The molecule has 0 aromatic rings. The van der Waals surface area contributed by atoms with Gasteiger partial charge in [0.25, 0.3) is 0 Å². The number of hydrogen-bond acceptors (Lipinski definition) is 3. The summed E-state index contributed by atoms with van der Waals surface area (Å²) in [5.41, 5.74) is 0. The molecule has 1 rings (SSSR count). The maximum Gasteiger partial charge on any atom is 0.183 e. The van der Waals surface area contributed by atoms with Crippen LogP contribution in [-0.2, 0) is 15.6 Å². The van der Waals surface area contributed by atoms with Gasteiger partial charge in [-0.25, -0.2) is 0 Å². The average Bonchev–Trinajstić information content (AvgIpc) is 2.11. The maximum absolute atomic E-state index is 11.7. The Labute approximate surface area is 85.6 Å². The van der Waals surface area contributed by atoms with E-state index in [1.807, 2.05) is 0 Å². The lowest BCUT2D eigenvalue weighted by atomic mass is 10.3. The van der Waals surface area contributed by atoms with Gasteiger partial charge >= 0.3 is 0 Å². The molecule has 4 heteroatoms. The van der Waals surface area contributed by atoms with Crippen LogP contribution >= 0.6 is 11.8 Å². The van der Waals surface area contributed by atoms with Crippen LogP contribution in [0.2, 0.25) is 0 Å². The second kappa shape index (κ2) is 4.42. The van der Waals surface area contributed by atoms with Crippen LogP contribution in [0.1, 0.15) is 20.3 Å². The molecule has 74 valence electrons. The first-order chi connectivity index (χ1) is 6.11. The minimum Gasteiger partial charge on any atom is -0.292 e. The molecule has 0 aromatic carbocycles. The van der Waals surface area contributed by atoms with E-state index in [1.165, 1.54) is 17.8 Å². The van der Waals surface area contributed by atoms with Gasteiger partial charge in [-0.05, 0) is 32.1 Å². The Morgan fingerprint density at radius 3 is 2.85 bits per heavy atom. The zero-order valence-corrected chi connectivity index (χ0v) is 9.54. The third kappa shape index (κ3) is 2.23. The third-order valence-electron chi connectivity index (χ3n) is 2.05. The van der Waals surface area contributed by atoms with Gasteiger partial charge in [-0.15, -0.1) is 11.8 Å². The summed E-state index contributed by atoms with van der Waals surface area (Å²) < 4.78 is 11.0. The SMILES string of the molecule is C/C=C/C(=O)[C@]1(C)SCCC[S@]1=O. The van der Waals surface area contributed by atoms with Crippen molar-refractivity contribution in [3.63, 3.8) is 0 Å². The lowest BCUT2D eigenvalue weighted by Crippen LogP contribution is -2.40. The predicted molar refractivity (Wildman–Crippen MR) is 58.3 cm³/mol. The van der Waals surface area contributed by atoms with E-state index in [1.54, 1.807) is 19.9 Å². The fourth-order valence-corrected chi connectivity index (χ4v) is 4.39. The molecule has 0 saturated carbocycles. The fraction of sp³-hybridized carbons (Fsp3) is 0.667. The van der Waals surface area contributed by atoms with Gasteiger partial charge in [0.15, 0.2) is 9.86 Å². The summed E-state index contributed by atoms with van der Waals surface area (Å²) in [5.74, 6) is 1.58. The highest BCUT2D eigenvalue weighted by atomic mass is 32.2. The minimum absolute atomic E-state index is 0.0157. The first kappa shape index (κ1) is 11.0. The summed E-state index contributed by atoms with van der Waals surface area (Å²) in [6, 6.07) is 0. The molecule has 1 saturated heterocycles. The molecule has 0 amide bonds. The number of allylic oxidation sites excluding steroid dienone is 2. The van der Waals surface area contributed by atoms with E-state index < -0.39 is 14.9 Å². The van der Waals surface area contributed by atoms with Crippen LogP contribution in [0.25, 0.3) is 0 Å². The topological polar surface area (TPSA) is 34.1 Å². The van der Waals surface area contributed by atoms with Crippen molar-refractivity contribution < 1.29 is 9.00 Å². The van der Waals surface area contributed by atoms with Crippen molar-refractivity contribution in [1.82, 2.24) is 0 Å². The number of carbonyl (C=O) groups is 1. The predicted octanol–water partition coefficient (Wildman–Crippen LogP) is 1.73. The lowest BCUT2D eigenvalue weighted by molar-refractivity contribution is -0.114. The quantitative estimate of drug-likeness (QED) is 0.662. The fourth-order valence-electron chi connectivity index (χ4n) is 1.20. The molecule has 0 N–H and O–H groups in total. The van der Waals surface area contributed by atoms with Crippen LogP contribution in [-0.4, -0.2) is 25.6 Å². The first-order valence-corrected chi connectivity index (χ1v) is 6.61. The molecule has 1 fully saturated rings. The Morgan fingerprint density at radius 2 is 2.31 bits per heavy atom. The molecule has 1 heterocycles. The standard InChI is InChI=1S/C9H14O2S2/c1-3-5-8(10)9(2)12-6-4-7-13(9)11/h3,5H,4,6-7H2,1-2H3/b5-3+/t9-,13-/m1/s1. The van der Waals surface area contributed by atoms with Crippen molar-refractivity contribution >= 4 is 28.3 Å². The molecule has 0 radical (unpaired) electrons. The molecular formula is C9H14O2S2. The second-order valence-corrected chi connectivity index (χ2v) is 6.75. The highest BCUT2D eigenvalue weighted by Gasteiger charge is 2.40. The van der Waals surface area contributed by atoms with E-state index in [2.05, 4.69) is 0 Å². The Bertz CT molecular complexity index is 260. The van der Waals surface area contributed by atoms with Crippen LogP contribution < -0.4 is 0 Å². The van der Waals surface area contributed by atoms with E-state index in [0.717, 1.165) is 12.2 Å². The van der Waals surface area contributed by atoms with Crippen LogP contribution in [0.4, 0.5) is 0 Å². The summed E-state index contributed by atoms with van der Waals surface area (Å²) in [5, 5.41) is 0. The summed E-state index contributed by atoms with van der Waals surface area (Å²) in [6.45, 7) is 3.59. The van der Waals surface area contributed by atoms with E-state index in [-0.39, 0.29) is 5.78 Å². The number of hydrogen-bond donors (Lipinski definition) is 0. The monoisotopic (exact) mass is 218 g/mol. The lowest BCUT2D eigenvalue weighted by Gasteiger charge is -2.29. The van der Waals surface area contributed by atoms with Gasteiger partial charge in [0.05, 0.1) is 0 Å². The summed E-state index contributed by atoms with van der Waals surface area (Å²) in [7, 11) is -1.01. The van der Waals surface area contributed by atoms with E-state index in [0.29, 0.717) is 5.75 Å². The number of ketones is 1. The molecule has 2 atom stereocenters. The van der Waals surface area contributed by atoms with Gasteiger partial charge in [0, 0.05) is 16.6 Å². The van der Waals surface area contributed by atoms with Crippen LogP contribution in [0.15, 0.2) is 12.2 Å². The number of thioether (sulfide) groups is 1. The van der Waals surface area contributed by atoms with Gasteiger partial charge in [-0.1, -0.05) is 6.08 Å². The molecule has 0 unspecified atom stereocenters. The average molecular weight is 218 g/mol. The minimum atomic E-state index is -1.01. The van der Waals surface area contributed by atoms with Gasteiger partial charge < -0.3 is 0 Å². The van der Waals surface area contributed by atoms with Crippen molar-refractivity contribution in [2.45, 2.75) is 24.3 Å². The molecule has 1 aliphatic rings. The molecule has 2 nitrogen and oxygen atoms in total. The highest BCUT2D eigenvalue weighted by molar-refractivity contribution is 8.14. The Morgan fingerprint density at radius 1 is 1.62 bits per heavy atom. The van der Waals surface area contributed by atoms with Crippen molar-refractivity contribution in [3.05, 3.63) is 12.2 Å². The zero-order chi connectivity index (χ0) is 9.90. The van der Waals surface area contributed by atoms with Gasteiger partial charge in [0.2, 0.25) is 0 Å². The molecule has 0 spiro atoms. The van der Waals surface area contributed by atoms with Gasteiger partial charge in [-0.2, -0.15) is 0 Å². The van der Waals surface area contributed by atoms with Gasteiger partial charge in [0.1, 0.15) is 0 Å². The molecule has 13 heavy (non-hydrogen) atoms. The number of rotatable bonds is 2. The van der Waals surface area contributed by atoms with Crippen LogP contribution in [0.3, 0.4) is 0 Å². The molecular weight excluding hydrogens is 204 g/mol. The smallest absolute Gasteiger partial charge is 0.183 e. The van der Waals surface area contributed by atoms with E-state index >= 15 is 0 Å². The molecule has 0 aromatic heterocycles. The zero-order valence-electron chi connectivity index (χ0n) is 7.91. The van der Waals surface area contributed by atoms with Crippen molar-refractivity contribution in [1.29, 1.82) is 0 Å². The maximum atomic E-state index is 11.7. The Hall–Kier alpha value is -0.0900. The Balaban J connectivity index is 2.83. The second-order valence-electron chi connectivity index (χ2n) is 3.06. The normalized spacial score (nSPS) is 35.1. The van der Waals surface area contributed by atoms with E-state index in [4.69, 9.17) is 0 Å². The Kier molecular flexibility index (Phi) is 3.74. The van der Waals surface area contributed by atoms with Crippen molar-refractivity contribution in [2.24, 2.45) is 0 Å². The summed E-state index contributed by atoms with van der Waals surface area (Å²) in [6.07, 6.45) is 4.19. The van der Waals surface area contributed by atoms with Crippen molar-refractivity contribution in [3.8, 4) is 0 Å². The molecule has 0 aliphatic carbocycles. The number of carbonyl (C=O) groups excluding carboxylic acids is 1. The van der Waals surface area contributed by atoms with E-state index in [9.17, 15) is 9.00 Å². The third-order valence-corrected chi connectivity index (χ3v) is 5.94. The van der Waals surface area contributed by atoms with Crippen LogP contribution in [0.5, 0.6) is 0 Å². The summed E-state index contributed by atoms with van der Waals surface area (Å²) >= 11 is 1.52. The van der Waals surface area contributed by atoms with Crippen molar-refractivity contribution in [2.75, 3.05) is 11.5 Å².